The highest BCUT2D eigenvalue weighted by atomic mass is 32.1. The third-order valence-corrected chi connectivity index (χ3v) is 7.05. The zero-order valence-corrected chi connectivity index (χ0v) is 23.1. The second-order valence-electron chi connectivity index (χ2n) is 8.71. The van der Waals surface area contributed by atoms with Gasteiger partial charge in [0.05, 0.1) is 41.7 Å². The van der Waals surface area contributed by atoms with E-state index in [1.54, 1.807) is 37.3 Å². The molecule has 204 valence electrons. The number of methoxy groups -OCH3 is 2. The fourth-order valence-corrected chi connectivity index (χ4v) is 5.25. The van der Waals surface area contributed by atoms with Crippen LogP contribution in [0.3, 0.4) is 0 Å². The van der Waals surface area contributed by atoms with E-state index in [-0.39, 0.29) is 24.3 Å². The van der Waals surface area contributed by atoms with Crippen molar-refractivity contribution >= 4 is 29.4 Å². The predicted octanol–water partition coefficient (Wildman–Crippen LogP) is 3.00. The number of hydrogen-bond acceptors (Lipinski definition) is 9. The number of allylic oxidation sites excluding steroid dienone is 1. The van der Waals surface area contributed by atoms with Crippen LogP contribution in [0, 0.1) is 0 Å². The van der Waals surface area contributed by atoms with Crippen LogP contribution in [-0.4, -0.2) is 50.5 Å². The van der Waals surface area contributed by atoms with Crippen LogP contribution in [0.5, 0.6) is 5.75 Å². The first kappa shape index (κ1) is 28.0. The Hall–Kier alpha value is -4.02. The van der Waals surface area contributed by atoms with Crippen molar-refractivity contribution in [3.05, 3.63) is 96.2 Å². The minimum absolute atomic E-state index is 0.0683. The summed E-state index contributed by atoms with van der Waals surface area (Å²) in [5, 5.41) is 0. The fourth-order valence-electron chi connectivity index (χ4n) is 4.21. The van der Waals surface area contributed by atoms with E-state index in [1.807, 2.05) is 31.2 Å². The summed E-state index contributed by atoms with van der Waals surface area (Å²) in [5.74, 6) is -0.434. The topological polar surface area (TPSA) is 105 Å². The molecule has 0 saturated carbocycles. The molecule has 10 heteroatoms. The number of ether oxygens (including phenoxy) is 4. The molecule has 2 aromatic carbocycles. The van der Waals surface area contributed by atoms with Crippen molar-refractivity contribution in [1.29, 1.82) is 0 Å². The maximum absolute atomic E-state index is 13.9. The number of para-hydroxylation sites is 1. The molecular formula is C29H30N2O7S. The van der Waals surface area contributed by atoms with Crippen LogP contribution in [0.4, 0.5) is 0 Å². The third kappa shape index (κ3) is 6.02. The minimum atomic E-state index is -0.798. The quantitative estimate of drug-likeness (QED) is 0.282. The average Bonchev–Trinajstić information content (AvgIpc) is 3.25. The van der Waals surface area contributed by atoms with Crippen molar-refractivity contribution in [2.75, 3.05) is 34.0 Å². The summed E-state index contributed by atoms with van der Waals surface area (Å²) in [6, 6.07) is 13.3. The maximum Gasteiger partial charge on any atom is 0.338 e. The average molecular weight is 551 g/mol. The number of esters is 2. The summed E-state index contributed by atoms with van der Waals surface area (Å²) in [6.45, 7) is 4.53. The maximum atomic E-state index is 13.9. The van der Waals surface area contributed by atoms with Gasteiger partial charge in [-0.1, -0.05) is 48.6 Å². The van der Waals surface area contributed by atoms with Gasteiger partial charge >= 0.3 is 11.9 Å². The number of benzene rings is 2. The Morgan fingerprint density at radius 2 is 1.77 bits per heavy atom. The number of thiazole rings is 1. The zero-order valence-electron chi connectivity index (χ0n) is 22.3. The molecule has 1 aromatic heterocycles. The van der Waals surface area contributed by atoms with Gasteiger partial charge in [0.15, 0.2) is 4.80 Å². The Morgan fingerprint density at radius 1 is 1.03 bits per heavy atom. The molecular weight excluding hydrogens is 520 g/mol. The van der Waals surface area contributed by atoms with E-state index in [9.17, 15) is 14.4 Å². The number of fused-ring (bicyclic) bond motifs is 1. The Bertz CT molecular complexity index is 1570. The molecule has 0 unspecified atom stereocenters. The Labute approximate surface area is 229 Å². The number of carbonyl (C=O) groups is 2. The molecule has 9 nitrogen and oxygen atoms in total. The van der Waals surface area contributed by atoms with E-state index >= 15 is 0 Å². The van der Waals surface area contributed by atoms with Crippen LogP contribution < -0.4 is 19.6 Å². The van der Waals surface area contributed by atoms with Gasteiger partial charge in [-0.05, 0) is 43.2 Å². The molecule has 39 heavy (non-hydrogen) atoms. The second kappa shape index (κ2) is 12.7. The van der Waals surface area contributed by atoms with Gasteiger partial charge in [-0.25, -0.2) is 14.6 Å². The lowest BCUT2D eigenvalue weighted by atomic mass is 9.95. The van der Waals surface area contributed by atoms with Crippen molar-refractivity contribution < 1.29 is 28.5 Å². The highest BCUT2D eigenvalue weighted by Gasteiger charge is 2.35. The molecule has 0 N–H and O–H groups in total. The summed E-state index contributed by atoms with van der Waals surface area (Å²) in [7, 11) is 2.85. The zero-order chi connectivity index (χ0) is 27.9. The molecule has 0 amide bonds. The summed E-state index contributed by atoms with van der Waals surface area (Å²) in [6.07, 6.45) is 2.53. The van der Waals surface area contributed by atoms with Crippen molar-refractivity contribution in [2.45, 2.75) is 26.3 Å². The van der Waals surface area contributed by atoms with E-state index in [0.717, 1.165) is 12.0 Å². The van der Waals surface area contributed by atoms with Gasteiger partial charge in [0.2, 0.25) is 0 Å². The molecule has 4 rings (SSSR count). The lowest BCUT2D eigenvalue weighted by Crippen LogP contribution is -2.40. The Balaban J connectivity index is 1.87. The molecule has 0 radical (unpaired) electrons. The first-order valence-electron chi connectivity index (χ1n) is 12.5. The normalized spacial score (nSPS) is 15.0. The monoisotopic (exact) mass is 550 g/mol. The highest BCUT2D eigenvalue weighted by Crippen LogP contribution is 2.35. The van der Waals surface area contributed by atoms with Crippen molar-refractivity contribution in [1.82, 2.24) is 4.57 Å². The van der Waals surface area contributed by atoms with Crippen molar-refractivity contribution in [2.24, 2.45) is 4.99 Å². The second-order valence-corrected chi connectivity index (χ2v) is 9.72. The van der Waals surface area contributed by atoms with Gasteiger partial charge in [0.1, 0.15) is 18.4 Å². The van der Waals surface area contributed by atoms with Crippen LogP contribution in [0.2, 0.25) is 0 Å². The summed E-state index contributed by atoms with van der Waals surface area (Å²) in [4.78, 5) is 44.0. The van der Waals surface area contributed by atoms with Crippen molar-refractivity contribution in [3.8, 4) is 5.75 Å². The van der Waals surface area contributed by atoms with Crippen LogP contribution in [0.25, 0.3) is 6.08 Å². The van der Waals surface area contributed by atoms with Crippen LogP contribution in [0.1, 0.15) is 47.8 Å². The van der Waals surface area contributed by atoms with E-state index in [0.29, 0.717) is 38.5 Å². The standard InChI is InChI=1S/C29H30N2O7S/c1-5-14-37-22-9-7-6-8-21(22)25-24(28(34)38-16-15-35-3)18(2)30-29-31(25)26(32)23(39-29)17-19-10-12-20(13-11-19)27(33)36-4/h6-13,17,25H,5,14-16H2,1-4H3/b23-17+/t25-/m0/s1. The molecule has 1 atom stereocenters. The Kier molecular flexibility index (Phi) is 9.11. The van der Waals surface area contributed by atoms with Crippen LogP contribution in [-0.2, 0) is 19.0 Å². The number of nitrogens with zero attached hydrogens (tertiary/aromatic N) is 2. The van der Waals surface area contributed by atoms with Crippen LogP contribution in [0.15, 0.2) is 69.6 Å². The number of hydrogen-bond donors (Lipinski definition) is 0. The summed E-state index contributed by atoms with van der Waals surface area (Å²) < 4.78 is 23.2. The SMILES string of the molecule is CCCOc1ccccc1[C@H]1C(C(=O)OCCOC)=C(C)N=c2s/c(=C/c3ccc(C(=O)OC)cc3)c(=O)n21. The van der Waals surface area contributed by atoms with Gasteiger partial charge in [0, 0.05) is 12.7 Å². The van der Waals surface area contributed by atoms with Gasteiger partial charge < -0.3 is 18.9 Å². The van der Waals surface area contributed by atoms with Gasteiger partial charge in [-0.3, -0.25) is 9.36 Å². The van der Waals surface area contributed by atoms with Gasteiger partial charge in [-0.2, -0.15) is 0 Å². The van der Waals surface area contributed by atoms with Gasteiger partial charge in [0.25, 0.3) is 5.56 Å². The first-order chi connectivity index (χ1) is 18.9. The summed E-state index contributed by atoms with van der Waals surface area (Å²) in [5.41, 5.74) is 2.22. The molecule has 1 aliphatic rings. The number of carbonyl (C=O) groups excluding carboxylic acids is 2. The number of rotatable bonds is 10. The van der Waals surface area contributed by atoms with E-state index < -0.39 is 18.0 Å². The number of aromatic nitrogens is 1. The molecule has 0 saturated heterocycles. The Morgan fingerprint density at radius 3 is 2.46 bits per heavy atom. The van der Waals surface area contributed by atoms with E-state index in [2.05, 4.69) is 4.99 Å². The fraction of sp³-hybridized carbons (Fsp3) is 0.310. The smallest absolute Gasteiger partial charge is 0.338 e. The van der Waals surface area contributed by atoms with E-state index in [4.69, 9.17) is 18.9 Å². The molecule has 0 bridgehead atoms. The molecule has 0 spiro atoms. The molecule has 0 fully saturated rings. The van der Waals surface area contributed by atoms with Crippen molar-refractivity contribution in [3.63, 3.8) is 0 Å². The highest BCUT2D eigenvalue weighted by molar-refractivity contribution is 7.07. The third-order valence-electron chi connectivity index (χ3n) is 6.07. The lowest BCUT2D eigenvalue weighted by Gasteiger charge is -2.26. The molecule has 1 aliphatic heterocycles. The summed E-state index contributed by atoms with van der Waals surface area (Å²) >= 11 is 1.22. The van der Waals surface area contributed by atoms with Crippen LogP contribution >= 0.6 is 11.3 Å². The predicted molar refractivity (Wildman–Crippen MR) is 147 cm³/mol. The molecule has 2 heterocycles. The molecule has 0 aliphatic carbocycles. The van der Waals surface area contributed by atoms with E-state index in [1.165, 1.54) is 30.1 Å². The van der Waals surface area contributed by atoms with Gasteiger partial charge in [-0.15, -0.1) is 0 Å². The largest absolute Gasteiger partial charge is 0.493 e. The minimum Gasteiger partial charge on any atom is -0.493 e. The first-order valence-corrected chi connectivity index (χ1v) is 13.3. The molecule has 3 aromatic rings. The lowest BCUT2D eigenvalue weighted by molar-refractivity contribution is -0.140.